The fourth-order valence-electron chi connectivity index (χ4n) is 3.47. The van der Waals surface area contributed by atoms with Crippen LogP contribution in [-0.4, -0.2) is 26.4 Å². The van der Waals surface area contributed by atoms with Crippen LogP contribution in [0.3, 0.4) is 0 Å². The van der Waals surface area contributed by atoms with Crippen molar-refractivity contribution in [3.05, 3.63) is 31.8 Å². The lowest BCUT2D eigenvalue weighted by molar-refractivity contribution is -0.113. The number of fused-ring (bicyclic) bond motifs is 1. The number of hydrogen-bond acceptors (Lipinski definition) is 7. The van der Waals surface area contributed by atoms with Crippen LogP contribution in [0.15, 0.2) is 10.5 Å². The SMILES string of the molecule is Cc1scc(-c2nnc(SCC(=O)Nc3sc4c(c3C#N)CCCC4)n2C)c1C. The highest BCUT2D eigenvalue weighted by molar-refractivity contribution is 7.99. The number of rotatable bonds is 5. The zero-order valence-corrected chi connectivity index (χ0v) is 19.0. The molecule has 3 aromatic heterocycles. The molecule has 0 radical (unpaired) electrons. The fraction of sp³-hybridized carbons (Fsp3) is 0.400. The van der Waals surface area contributed by atoms with Crippen LogP contribution in [0.25, 0.3) is 11.4 Å². The van der Waals surface area contributed by atoms with E-state index in [9.17, 15) is 10.1 Å². The van der Waals surface area contributed by atoms with Gasteiger partial charge in [-0.3, -0.25) is 4.79 Å². The van der Waals surface area contributed by atoms with Crippen molar-refractivity contribution in [3.8, 4) is 17.5 Å². The molecule has 1 aliphatic rings. The minimum absolute atomic E-state index is 0.128. The van der Waals surface area contributed by atoms with Gasteiger partial charge in [0.2, 0.25) is 5.91 Å². The minimum atomic E-state index is -0.128. The third kappa shape index (κ3) is 3.84. The summed E-state index contributed by atoms with van der Waals surface area (Å²) in [6, 6.07) is 2.28. The molecule has 4 rings (SSSR count). The predicted octanol–water partition coefficient (Wildman–Crippen LogP) is 4.70. The van der Waals surface area contributed by atoms with Gasteiger partial charge < -0.3 is 9.88 Å². The molecule has 0 saturated heterocycles. The van der Waals surface area contributed by atoms with Crippen molar-refractivity contribution in [3.63, 3.8) is 0 Å². The molecule has 29 heavy (non-hydrogen) atoms. The van der Waals surface area contributed by atoms with E-state index in [2.05, 4.69) is 40.8 Å². The van der Waals surface area contributed by atoms with Gasteiger partial charge in [-0.2, -0.15) is 5.26 Å². The number of aromatic nitrogens is 3. The summed E-state index contributed by atoms with van der Waals surface area (Å²) in [7, 11) is 1.92. The summed E-state index contributed by atoms with van der Waals surface area (Å²) >= 11 is 4.60. The number of amides is 1. The van der Waals surface area contributed by atoms with Gasteiger partial charge in [-0.1, -0.05) is 11.8 Å². The lowest BCUT2D eigenvalue weighted by Crippen LogP contribution is -2.14. The normalized spacial score (nSPS) is 13.2. The monoisotopic (exact) mass is 443 g/mol. The first kappa shape index (κ1) is 20.1. The largest absolute Gasteiger partial charge is 0.316 e. The zero-order valence-electron chi connectivity index (χ0n) is 16.5. The first-order chi connectivity index (χ1) is 14.0. The molecule has 0 spiro atoms. The van der Waals surface area contributed by atoms with E-state index in [0.717, 1.165) is 42.6 Å². The molecule has 6 nitrogen and oxygen atoms in total. The molecule has 0 aromatic carbocycles. The summed E-state index contributed by atoms with van der Waals surface area (Å²) < 4.78 is 1.93. The number of carbonyl (C=O) groups is 1. The van der Waals surface area contributed by atoms with Crippen molar-refractivity contribution in [2.24, 2.45) is 7.05 Å². The van der Waals surface area contributed by atoms with Crippen molar-refractivity contribution < 1.29 is 4.79 Å². The summed E-state index contributed by atoms with van der Waals surface area (Å²) in [4.78, 5) is 15.0. The van der Waals surface area contributed by atoms with E-state index >= 15 is 0 Å². The maximum absolute atomic E-state index is 12.5. The molecule has 1 amide bonds. The van der Waals surface area contributed by atoms with Crippen LogP contribution in [0.1, 0.15) is 39.3 Å². The van der Waals surface area contributed by atoms with Gasteiger partial charge in [0.15, 0.2) is 11.0 Å². The molecule has 150 valence electrons. The quantitative estimate of drug-likeness (QED) is 0.578. The average Bonchev–Trinajstić information content (AvgIpc) is 3.36. The van der Waals surface area contributed by atoms with E-state index in [4.69, 9.17) is 0 Å². The summed E-state index contributed by atoms with van der Waals surface area (Å²) in [5.74, 6) is 0.908. The minimum Gasteiger partial charge on any atom is -0.316 e. The van der Waals surface area contributed by atoms with E-state index in [0.29, 0.717) is 15.7 Å². The van der Waals surface area contributed by atoms with Gasteiger partial charge in [0.05, 0.1) is 11.3 Å². The topological polar surface area (TPSA) is 83.6 Å². The Labute approximate surface area is 182 Å². The van der Waals surface area contributed by atoms with Gasteiger partial charge in [0, 0.05) is 27.7 Å². The highest BCUT2D eigenvalue weighted by Crippen LogP contribution is 2.37. The second kappa shape index (κ2) is 8.30. The van der Waals surface area contributed by atoms with Gasteiger partial charge in [0.1, 0.15) is 11.1 Å². The molecule has 0 aliphatic heterocycles. The molecule has 1 N–H and O–H groups in total. The Balaban J connectivity index is 1.44. The van der Waals surface area contributed by atoms with Gasteiger partial charge in [-0.05, 0) is 50.7 Å². The number of nitrogens with zero attached hydrogens (tertiary/aromatic N) is 4. The van der Waals surface area contributed by atoms with E-state index in [1.165, 1.54) is 27.1 Å². The van der Waals surface area contributed by atoms with Crippen LogP contribution < -0.4 is 5.32 Å². The summed E-state index contributed by atoms with van der Waals surface area (Å²) in [5, 5.41) is 24.5. The van der Waals surface area contributed by atoms with Gasteiger partial charge >= 0.3 is 0 Å². The van der Waals surface area contributed by atoms with Gasteiger partial charge in [0.25, 0.3) is 0 Å². The first-order valence-corrected chi connectivity index (χ1v) is 12.1. The van der Waals surface area contributed by atoms with Crippen LogP contribution in [-0.2, 0) is 24.7 Å². The molecule has 0 bridgehead atoms. The van der Waals surface area contributed by atoms with Crippen LogP contribution in [0, 0.1) is 25.2 Å². The summed E-state index contributed by atoms with van der Waals surface area (Å²) in [5.41, 5.74) is 4.07. The number of thioether (sulfide) groups is 1. The number of nitrogens with one attached hydrogen (secondary N) is 1. The number of carbonyl (C=O) groups excluding carboxylic acids is 1. The number of nitriles is 1. The molecular weight excluding hydrogens is 422 g/mol. The van der Waals surface area contributed by atoms with Crippen LogP contribution in [0.5, 0.6) is 0 Å². The first-order valence-electron chi connectivity index (χ1n) is 9.41. The van der Waals surface area contributed by atoms with Crippen molar-refractivity contribution in [1.29, 1.82) is 5.26 Å². The van der Waals surface area contributed by atoms with Crippen molar-refractivity contribution in [2.45, 2.75) is 44.7 Å². The molecule has 3 heterocycles. The highest BCUT2D eigenvalue weighted by atomic mass is 32.2. The van der Waals surface area contributed by atoms with Crippen LogP contribution in [0.4, 0.5) is 5.00 Å². The van der Waals surface area contributed by atoms with Gasteiger partial charge in [-0.15, -0.1) is 32.9 Å². The van der Waals surface area contributed by atoms with Crippen molar-refractivity contribution in [2.75, 3.05) is 11.1 Å². The van der Waals surface area contributed by atoms with Crippen molar-refractivity contribution >= 4 is 45.3 Å². The Kier molecular flexibility index (Phi) is 5.76. The third-order valence-electron chi connectivity index (χ3n) is 5.23. The second-order valence-electron chi connectivity index (χ2n) is 7.06. The molecule has 0 atom stereocenters. The number of aryl methyl sites for hydroxylation is 2. The van der Waals surface area contributed by atoms with E-state index < -0.39 is 0 Å². The average molecular weight is 444 g/mol. The summed E-state index contributed by atoms with van der Waals surface area (Å²) in [6.45, 7) is 4.18. The molecule has 3 aromatic rings. The Morgan fingerprint density at radius 2 is 2.14 bits per heavy atom. The van der Waals surface area contributed by atoms with E-state index in [1.807, 2.05) is 11.6 Å². The zero-order chi connectivity index (χ0) is 20.5. The predicted molar refractivity (Wildman–Crippen MR) is 119 cm³/mol. The van der Waals surface area contributed by atoms with Crippen LogP contribution >= 0.6 is 34.4 Å². The van der Waals surface area contributed by atoms with E-state index in [1.54, 1.807) is 22.7 Å². The number of thiophene rings is 2. The lowest BCUT2D eigenvalue weighted by atomic mass is 9.96. The molecule has 1 aliphatic carbocycles. The smallest absolute Gasteiger partial charge is 0.235 e. The van der Waals surface area contributed by atoms with E-state index in [-0.39, 0.29) is 11.7 Å². The molecule has 0 saturated carbocycles. The lowest BCUT2D eigenvalue weighted by Gasteiger charge is -2.09. The molecule has 9 heteroatoms. The number of hydrogen-bond donors (Lipinski definition) is 1. The third-order valence-corrected chi connectivity index (χ3v) is 8.47. The maximum atomic E-state index is 12.5. The molecule has 0 fully saturated rings. The summed E-state index contributed by atoms with van der Waals surface area (Å²) in [6.07, 6.45) is 4.20. The molecule has 0 unspecified atom stereocenters. The maximum Gasteiger partial charge on any atom is 0.235 e. The Hall–Kier alpha value is -2.15. The molecular formula is C20H21N5OS3. The highest BCUT2D eigenvalue weighted by Gasteiger charge is 2.22. The van der Waals surface area contributed by atoms with Crippen LogP contribution in [0.2, 0.25) is 0 Å². The second-order valence-corrected chi connectivity index (χ2v) is 10.2. The Morgan fingerprint density at radius 1 is 1.34 bits per heavy atom. The number of anilines is 1. The van der Waals surface area contributed by atoms with Gasteiger partial charge in [-0.25, -0.2) is 0 Å². The standard InChI is InChI=1S/C20H21N5OS3/c1-11-12(2)27-9-15(11)18-23-24-20(25(18)3)28-10-17(26)22-19-14(8-21)13-6-4-5-7-16(13)29-19/h9H,4-7,10H2,1-3H3,(H,22,26). The fourth-order valence-corrected chi connectivity index (χ4v) is 6.30. The Morgan fingerprint density at radius 3 is 2.86 bits per heavy atom. The Bertz CT molecular complexity index is 1120. The van der Waals surface area contributed by atoms with Crippen molar-refractivity contribution in [1.82, 2.24) is 14.8 Å².